The summed E-state index contributed by atoms with van der Waals surface area (Å²) in [5, 5.41) is 0. The molecule has 3 nitrogen and oxygen atoms in total. The molecule has 14 heavy (non-hydrogen) atoms. The molecule has 3 heteroatoms. The molecular weight excluding hydrogens is 178 g/mol. The Morgan fingerprint density at radius 2 is 1.71 bits per heavy atom. The molecule has 0 fully saturated rings. The van der Waals surface area contributed by atoms with Gasteiger partial charge in [-0.3, -0.25) is 0 Å². The predicted octanol–water partition coefficient (Wildman–Crippen LogP) is 1.31. The van der Waals surface area contributed by atoms with Gasteiger partial charge in [-0.05, 0) is 11.1 Å². The van der Waals surface area contributed by atoms with Crippen LogP contribution in [0.2, 0.25) is 0 Å². The van der Waals surface area contributed by atoms with Gasteiger partial charge in [0.2, 0.25) is 0 Å². The van der Waals surface area contributed by atoms with E-state index < -0.39 is 0 Å². The molecule has 2 N–H and O–H groups in total. The van der Waals surface area contributed by atoms with Gasteiger partial charge < -0.3 is 15.2 Å². The molecule has 0 aliphatic rings. The van der Waals surface area contributed by atoms with E-state index in [2.05, 4.69) is 0 Å². The van der Waals surface area contributed by atoms with Crippen molar-refractivity contribution in [2.45, 2.75) is 13.2 Å². The first kappa shape index (κ1) is 11.2. The van der Waals surface area contributed by atoms with E-state index in [0.29, 0.717) is 26.4 Å². The van der Waals surface area contributed by atoms with E-state index in [-0.39, 0.29) is 0 Å². The van der Waals surface area contributed by atoms with Crippen LogP contribution >= 0.6 is 0 Å². The van der Waals surface area contributed by atoms with Crippen LogP contribution in [0.1, 0.15) is 11.1 Å². The maximum Gasteiger partial charge on any atom is 0.0718 e. The van der Waals surface area contributed by atoms with Gasteiger partial charge in [0, 0.05) is 13.7 Å². The molecule has 0 atom stereocenters. The van der Waals surface area contributed by atoms with Crippen molar-refractivity contribution in [3.05, 3.63) is 35.4 Å². The molecule has 0 aromatic heterocycles. The maximum atomic E-state index is 5.49. The average Bonchev–Trinajstić information content (AvgIpc) is 2.25. The summed E-state index contributed by atoms with van der Waals surface area (Å²) in [5.74, 6) is 0. The van der Waals surface area contributed by atoms with Crippen LogP contribution in [-0.4, -0.2) is 20.3 Å². The van der Waals surface area contributed by atoms with Gasteiger partial charge in [0.25, 0.3) is 0 Å². The zero-order valence-corrected chi connectivity index (χ0v) is 8.53. The minimum atomic E-state index is 0.588. The third-order valence-electron chi connectivity index (χ3n) is 1.96. The molecule has 0 unspecified atom stereocenters. The molecule has 0 saturated heterocycles. The van der Waals surface area contributed by atoms with E-state index in [1.54, 1.807) is 7.11 Å². The molecule has 0 amide bonds. The largest absolute Gasteiger partial charge is 0.382 e. The lowest BCUT2D eigenvalue weighted by atomic mass is 10.1. The fraction of sp³-hybridized carbons (Fsp3) is 0.455. The molecule has 1 aromatic carbocycles. The van der Waals surface area contributed by atoms with Crippen LogP contribution in [0.3, 0.4) is 0 Å². The molecule has 1 aromatic rings. The third-order valence-corrected chi connectivity index (χ3v) is 1.96. The van der Waals surface area contributed by atoms with Gasteiger partial charge in [-0.15, -0.1) is 0 Å². The first-order valence-corrected chi connectivity index (χ1v) is 4.71. The number of rotatable bonds is 6. The van der Waals surface area contributed by atoms with Crippen molar-refractivity contribution >= 4 is 0 Å². The van der Waals surface area contributed by atoms with Crippen molar-refractivity contribution in [3.63, 3.8) is 0 Å². The van der Waals surface area contributed by atoms with Crippen LogP contribution in [0.15, 0.2) is 24.3 Å². The van der Waals surface area contributed by atoms with Gasteiger partial charge in [-0.25, -0.2) is 0 Å². The lowest BCUT2D eigenvalue weighted by Gasteiger charge is -2.04. The normalized spacial score (nSPS) is 10.4. The van der Waals surface area contributed by atoms with Crippen molar-refractivity contribution in [2.24, 2.45) is 5.73 Å². The molecule has 0 heterocycles. The summed E-state index contributed by atoms with van der Waals surface area (Å²) in [4.78, 5) is 0. The first-order valence-electron chi connectivity index (χ1n) is 4.71. The zero-order valence-electron chi connectivity index (χ0n) is 8.53. The second kappa shape index (κ2) is 6.54. The second-order valence-electron chi connectivity index (χ2n) is 3.07. The topological polar surface area (TPSA) is 44.5 Å². The highest BCUT2D eigenvalue weighted by molar-refractivity contribution is 5.21. The Bertz CT molecular complexity index is 246. The number of hydrogen-bond acceptors (Lipinski definition) is 3. The number of ether oxygens (including phenoxy) is 2. The van der Waals surface area contributed by atoms with E-state index in [9.17, 15) is 0 Å². The van der Waals surface area contributed by atoms with Crippen LogP contribution in [-0.2, 0) is 22.6 Å². The van der Waals surface area contributed by atoms with E-state index in [1.165, 1.54) is 5.56 Å². The summed E-state index contributed by atoms with van der Waals surface area (Å²) >= 11 is 0. The van der Waals surface area contributed by atoms with Crippen LogP contribution in [0.5, 0.6) is 0 Å². The lowest BCUT2D eigenvalue weighted by molar-refractivity contribution is 0.0616. The number of nitrogens with two attached hydrogens (primary N) is 1. The van der Waals surface area contributed by atoms with Crippen LogP contribution in [0.25, 0.3) is 0 Å². The minimum Gasteiger partial charge on any atom is -0.382 e. The van der Waals surface area contributed by atoms with Gasteiger partial charge in [0.1, 0.15) is 0 Å². The highest BCUT2D eigenvalue weighted by Crippen LogP contribution is 2.04. The van der Waals surface area contributed by atoms with Crippen LogP contribution < -0.4 is 5.73 Å². The SMILES string of the molecule is COCCOCc1ccc(CN)cc1. The van der Waals surface area contributed by atoms with Crippen LogP contribution in [0, 0.1) is 0 Å². The molecule has 0 radical (unpaired) electrons. The zero-order chi connectivity index (χ0) is 10.2. The first-order chi connectivity index (χ1) is 6.86. The Balaban J connectivity index is 2.29. The van der Waals surface area contributed by atoms with E-state index >= 15 is 0 Å². The summed E-state index contributed by atoms with van der Waals surface area (Å²) < 4.78 is 10.3. The number of benzene rings is 1. The van der Waals surface area contributed by atoms with Gasteiger partial charge in [-0.2, -0.15) is 0 Å². The lowest BCUT2D eigenvalue weighted by Crippen LogP contribution is -2.02. The summed E-state index contributed by atoms with van der Waals surface area (Å²) in [5.41, 5.74) is 7.80. The van der Waals surface area contributed by atoms with Crippen LogP contribution in [0.4, 0.5) is 0 Å². The third kappa shape index (κ3) is 3.87. The Labute approximate surface area is 84.8 Å². The van der Waals surface area contributed by atoms with Gasteiger partial charge >= 0.3 is 0 Å². The number of methoxy groups -OCH3 is 1. The van der Waals surface area contributed by atoms with Crippen molar-refractivity contribution in [1.29, 1.82) is 0 Å². The monoisotopic (exact) mass is 195 g/mol. The van der Waals surface area contributed by atoms with E-state index in [1.807, 2.05) is 24.3 Å². The van der Waals surface area contributed by atoms with E-state index in [0.717, 1.165) is 5.56 Å². The van der Waals surface area contributed by atoms with Crippen molar-refractivity contribution in [2.75, 3.05) is 20.3 Å². The maximum absolute atomic E-state index is 5.49. The standard InChI is InChI=1S/C11H17NO2/c1-13-6-7-14-9-11-4-2-10(8-12)3-5-11/h2-5H,6-9,12H2,1H3. The van der Waals surface area contributed by atoms with Crippen molar-refractivity contribution in [1.82, 2.24) is 0 Å². The Morgan fingerprint density at radius 3 is 2.29 bits per heavy atom. The quantitative estimate of drug-likeness (QED) is 0.696. The van der Waals surface area contributed by atoms with Gasteiger partial charge in [0.05, 0.1) is 19.8 Å². The minimum absolute atomic E-state index is 0.588. The average molecular weight is 195 g/mol. The highest BCUT2D eigenvalue weighted by Gasteiger charge is 1.93. The molecule has 0 saturated carbocycles. The summed E-state index contributed by atoms with van der Waals surface area (Å²) in [6, 6.07) is 8.12. The molecular formula is C11H17NO2. The summed E-state index contributed by atoms with van der Waals surface area (Å²) in [7, 11) is 1.67. The molecule has 0 aliphatic carbocycles. The fourth-order valence-corrected chi connectivity index (χ4v) is 1.10. The van der Waals surface area contributed by atoms with Crippen molar-refractivity contribution in [3.8, 4) is 0 Å². The molecule has 0 aliphatic heterocycles. The Hall–Kier alpha value is -0.900. The molecule has 1 rings (SSSR count). The molecule has 0 spiro atoms. The Morgan fingerprint density at radius 1 is 1.07 bits per heavy atom. The predicted molar refractivity (Wildman–Crippen MR) is 55.9 cm³/mol. The fourth-order valence-electron chi connectivity index (χ4n) is 1.10. The number of hydrogen-bond donors (Lipinski definition) is 1. The van der Waals surface area contributed by atoms with E-state index in [4.69, 9.17) is 15.2 Å². The smallest absolute Gasteiger partial charge is 0.0718 e. The molecule has 0 bridgehead atoms. The summed E-state index contributed by atoms with van der Waals surface area (Å²) in [6.45, 7) is 2.50. The van der Waals surface area contributed by atoms with Crippen molar-refractivity contribution < 1.29 is 9.47 Å². The molecule has 78 valence electrons. The highest BCUT2D eigenvalue weighted by atomic mass is 16.5. The second-order valence-corrected chi connectivity index (χ2v) is 3.07. The Kier molecular flexibility index (Phi) is 5.22. The van der Waals surface area contributed by atoms with Gasteiger partial charge in [0.15, 0.2) is 0 Å². The van der Waals surface area contributed by atoms with Gasteiger partial charge in [-0.1, -0.05) is 24.3 Å². The summed E-state index contributed by atoms with van der Waals surface area (Å²) in [6.07, 6.45) is 0.